The molecule has 12 heavy (non-hydrogen) atoms. The van der Waals surface area contributed by atoms with E-state index in [-0.39, 0.29) is 6.10 Å². The van der Waals surface area contributed by atoms with Gasteiger partial charge >= 0.3 is 0 Å². The number of aliphatic hydroxyl groups excluding tert-OH is 1. The number of fused-ring (bicyclic) bond motifs is 1. The quantitative estimate of drug-likeness (QED) is 0.654. The summed E-state index contributed by atoms with van der Waals surface area (Å²) in [6, 6.07) is 5.83. The van der Waals surface area contributed by atoms with Crippen LogP contribution in [0.15, 0.2) is 18.2 Å². The largest absolute Gasteiger partial charge is 0.388 e. The highest BCUT2D eigenvalue weighted by atomic mass is 35.5. The first-order chi connectivity index (χ1) is 5.79. The van der Waals surface area contributed by atoms with Crippen molar-refractivity contribution in [1.82, 2.24) is 0 Å². The minimum atomic E-state index is -0.345. The summed E-state index contributed by atoms with van der Waals surface area (Å²) in [5.41, 5.74) is 2.16. The molecule has 0 bridgehead atoms. The predicted molar refractivity (Wildman–Crippen MR) is 49.3 cm³/mol. The molecule has 0 heterocycles. The fourth-order valence-electron chi connectivity index (χ4n) is 1.80. The summed E-state index contributed by atoms with van der Waals surface area (Å²) in [4.78, 5) is 0. The van der Waals surface area contributed by atoms with E-state index in [9.17, 15) is 5.11 Å². The first-order valence-corrected chi connectivity index (χ1v) is 4.62. The molecule has 1 aromatic carbocycles. The number of hydrogen-bond acceptors (Lipinski definition) is 1. The van der Waals surface area contributed by atoms with E-state index in [1.807, 2.05) is 18.2 Å². The van der Waals surface area contributed by atoms with Crippen LogP contribution in [0.3, 0.4) is 0 Å². The average Bonchev–Trinajstić information content (AvgIpc) is 2.04. The highest BCUT2D eigenvalue weighted by molar-refractivity contribution is 6.31. The monoisotopic (exact) mass is 182 g/mol. The van der Waals surface area contributed by atoms with E-state index in [1.165, 1.54) is 5.56 Å². The van der Waals surface area contributed by atoms with Crippen molar-refractivity contribution < 1.29 is 5.11 Å². The van der Waals surface area contributed by atoms with Crippen molar-refractivity contribution in [3.05, 3.63) is 34.3 Å². The molecule has 1 aliphatic rings. The van der Waals surface area contributed by atoms with E-state index in [0.717, 1.165) is 24.8 Å². The standard InChI is InChI=1S/C10H11ClO/c11-8-5-1-3-7-4-2-6-9(12)10(7)8/h1,3,5,9,12H,2,4,6H2. The Balaban J connectivity index is 2.53. The van der Waals surface area contributed by atoms with Gasteiger partial charge < -0.3 is 5.11 Å². The van der Waals surface area contributed by atoms with Crippen LogP contribution < -0.4 is 0 Å². The second-order valence-corrected chi connectivity index (χ2v) is 3.63. The molecule has 0 fully saturated rings. The minimum Gasteiger partial charge on any atom is -0.388 e. The fourth-order valence-corrected chi connectivity index (χ4v) is 2.12. The number of benzene rings is 1. The van der Waals surface area contributed by atoms with Crippen LogP contribution in [-0.4, -0.2) is 5.11 Å². The third-order valence-corrected chi connectivity index (χ3v) is 2.73. The Morgan fingerprint density at radius 1 is 1.42 bits per heavy atom. The second-order valence-electron chi connectivity index (χ2n) is 3.22. The molecule has 1 N–H and O–H groups in total. The maximum absolute atomic E-state index is 9.66. The highest BCUT2D eigenvalue weighted by Gasteiger charge is 2.19. The number of halogens is 1. The first-order valence-electron chi connectivity index (χ1n) is 4.24. The molecule has 0 radical (unpaired) electrons. The fraction of sp³-hybridized carbons (Fsp3) is 0.400. The second kappa shape index (κ2) is 3.08. The third kappa shape index (κ3) is 1.23. The van der Waals surface area contributed by atoms with Crippen molar-refractivity contribution in [3.8, 4) is 0 Å². The Morgan fingerprint density at radius 3 is 3.00 bits per heavy atom. The molecule has 0 saturated carbocycles. The van der Waals surface area contributed by atoms with Crippen molar-refractivity contribution in [2.45, 2.75) is 25.4 Å². The number of rotatable bonds is 0. The topological polar surface area (TPSA) is 20.2 Å². The summed E-state index contributed by atoms with van der Waals surface area (Å²) in [5.74, 6) is 0. The summed E-state index contributed by atoms with van der Waals surface area (Å²) in [6.07, 6.45) is 2.61. The maximum Gasteiger partial charge on any atom is 0.0807 e. The molecule has 1 nitrogen and oxygen atoms in total. The van der Waals surface area contributed by atoms with Gasteiger partial charge in [-0.25, -0.2) is 0 Å². The Hall–Kier alpha value is -0.530. The van der Waals surface area contributed by atoms with Crippen molar-refractivity contribution in [2.75, 3.05) is 0 Å². The van der Waals surface area contributed by atoms with Crippen LogP contribution in [-0.2, 0) is 6.42 Å². The minimum absolute atomic E-state index is 0.345. The van der Waals surface area contributed by atoms with Crippen LogP contribution in [0, 0.1) is 0 Å². The van der Waals surface area contributed by atoms with E-state index < -0.39 is 0 Å². The van der Waals surface area contributed by atoms with Crippen LogP contribution in [0.25, 0.3) is 0 Å². The average molecular weight is 183 g/mol. The summed E-state index contributed by atoms with van der Waals surface area (Å²) in [7, 11) is 0. The summed E-state index contributed by atoms with van der Waals surface area (Å²) in [6.45, 7) is 0. The lowest BCUT2D eigenvalue weighted by Crippen LogP contribution is -2.09. The lowest BCUT2D eigenvalue weighted by atomic mass is 9.89. The molecule has 0 aromatic heterocycles. The van der Waals surface area contributed by atoms with Gasteiger partial charge in [-0.3, -0.25) is 0 Å². The summed E-state index contributed by atoms with van der Waals surface area (Å²) in [5, 5.41) is 10.4. The molecule has 1 aromatic rings. The van der Waals surface area contributed by atoms with E-state index in [4.69, 9.17) is 11.6 Å². The normalized spacial score (nSPS) is 22.0. The van der Waals surface area contributed by atoms with Gasteiger partial charge in [0, 0.05) is 10.6 Å². The molecule has 0 spiro atoms. The lowest BCUT2D eigenvalue weighted by Gasteiger charge is -2.21. The Morgan fingerprint density at radius 2 is 2.25 bits per heavy atom. The number of hydrogen-bond donors (Lipinski definition) is 1. The van der Waals surface area contributed by atoms with Crippen molar-refractivity contribution in [3.63, 3.8) is 0 Å². The van der Waals surface area contributed by atoms with Crippen molar-refractivity contribution >= 4 is 11.6 Å². The van der Waals surface area contributed by atoms with Gasteiger partial charge in [0.25, 0.3) is 0 Å². The molecule has 1 unspecified atom stereocenters. The number of aliphatic hydroxyl groups is 1. The van der Waals surface area contributed by atoms with E-state index in [0.29, 0.717) is 5.02 Å². The zero-order valence-electron chi connectivity index (χ0n) is 6.76. The van der Waals surface area contributed by atoms with Gasteiger partial charge in [-0.15, -0.1) is 0 Å². The van der Waals surface area contributed by atoms with Crippen molar-refractivity contribution in [1.29, 1.82) is 0 Å². The first kappa shape index (κ1) is 8.09. The maximum atomic E-state index is 9.66. The molecule has 0 saturated heterocycles. The molecule has 0 amide bonds. The van der Waals surface area contributed by atoms with Crippen LogP contribution in [0.4, 0.5) is 0 Å². The smallest absolute Gasteiger partial charge is 0.0807 e. The van der Waals surface area contributed by atoms with Crippen LogP contribution >= 0.6 is 11.6 Å². The number of aryl methyl sites for hydroxylation is 1. The molecular formula is C10H11ClO. The molecule has 1 atom stereocenters. The van der Waals surface area contributed by atoms with Gasteiger partial charge in [-0.1, -0.05) is 23.7 Å². The van der Waals surface area contributed by atoms with E-state index in [1.54, 1.807) is 0 Å². The predicted octanol–water partition coefficient (Wildman–Crippen LogP) is 2.71. The van der Waals surface area contributed by atoms with Crippen LogP contribution in [0.1, 0.15) is 30.1 Å². The molecule has 2 heteroatoms. The van der Waals surface area contributed by atoms with E-state index in [2.05, 4.69) is 0 Å². The summed E-state index contributed by atoms with van der Waals surface area (Å²) < 4.78 is 0. The summed E-state index contributed by atoms with van der Waals surface area (Å²) >= 11 is 5.98. The van der Waals surface area contributed by atoms with Gasteiger partial charge in [0.05, 0.1) is 6.10 Å². The van der Waals surface area contributed by atoms with Crippen molar-refractivity contribution in [2.24, 2.45) is 0 Å². The van der Waals surface area contributed by atoms with Gasteiger partial charge in [0.15, 0.2) is 0 Å². The Bertz CT molecular complexity index is 296. The highest BCUT2D eigenvalue weighted by Crippen LogP contribution is 2.34. The van der Waals surface area contributed by atoms with Crippen LogP contribution in [0.2, 0.25) is 5.02 Å². The SMILES string of the molecule is OC1CCCc2cccc(Cl)c21. The molecule has 64 valence electrons. The molecule has 2 rings (SSSR count). The molecule has 1 aliphatic carbocycles. The zero-order chi connectivity index (χ0) is 8.55. The van der Waals surface area contributed by atoms with Gasteiger partial charge in [0.1, 0.15) is 0 Å². The molecular weight excluding hydrogens is 172 g/mol. The van der Waals surface area contributed by atoms with E-state index >= 15 is 0 Å². The third-order valence-electron chi connectivity index (χ3n) is 2.40. The van der Waals surface area contributed by atoms with Gasteiger partial charge in [0.2, 0.25) is 0 Å². The Labute approximate surface area is 77.0 Å². The van der Waals surface area contributed by atoms with Gasteiger partial charge in [-0.05, 0) is 30.9 Å². The zero-order valence-corrected chi connectivity index (χ0v) is 7.51. The van der Waals surface area contributed by atoms with Crippen LogP contribution in [0.5, 0.6) is 0 Å². The Kier molecular flexibility index (Phi) is 2.07. The van der Waals surface area contributed by atoms with Gasteiger partial charge in [-0.2, -0.15) is 0 Å². The lowest BCUT2D eigenvalue weighted by molar-refractivity contribution is 0.156. The molecule has 0 aliphatic heterocycles.